The van der Waals surface area contributed by atoms with Gasteiger partial charge in [-0.25, -0.2) is 0 Å². The zero-order valence-corrected chi connectivity index (χ0v) is 10.7. The number of aliphatic hydroxyl groups is 2. The van der Waals surface area contributed by atoms with Gasteiger partial charge < -0.3 is 10.2 Å². The van der Waals surface area contributed by atoms with Crippen molar-refractivity contribution in [1.29, 1.82) is 0 Å². The Morgan fingerprint density at radius 3 is 2.53 bits per heavy atom. The van der Waals surface area contributed by atoms with Crippen molar-refractivity contribution in [3.05, 3.63) is 0 Å². The Balaban J connectivity index is 2.14. The summed E-state index contributed by atoms with van der Waals surface area (Å²) >= 11 is 1.74. The van der Waals surface area contributed by atoms with Crippen LogP contribution in [-0.4, -0.2) is 33.9 Å². The Labute approximate surface area is 96.5 Å². The van der Waals surface area contributed by atoms with E-state index in [1.54, 1.807) is 11.8 Å². The lowest BCUT2D eigenvalue weighted by Crippen LogP contribution is -2.67. The number of hydrogen-bond acceptors (Lipinski definition) is 3. The first kappa shape index (κ1) is 11.7. The largest absolute Gasteiger partial charge is 0.390 e. The molecule has 0 aromatic heterocycles. The second kappa shape index (κ2) is 3.64. The molecule has 0 amide bonds. The van der Waals surface area contributed by atoms with E-state index in [0.29, 0.717) is 11.8 Å². The van der Waals surface area contributed by atoms with Crippen molar-refractivity contribution in [2.45, 2.75) is 44.8 Å². The van der Waals surface area contributed by atoms with E-state index < -0.39 is 11.7 Å². The Bertz CT molecular complexity index is 254. The molecule has 0 aliphatic heterocycles. The minimum atomic E-state index is -0.818. The van der Waals surface area contributed by atoms with Crippen molar-refractivity contribution in [2.24, 2.45) is 17.3 Å². The van der Waals surface area contributed by atoms with E-state index >= 15 is 0 Å². The summed E-state index contributed by atoms with van der Waals surface area (Å²) in [5, 5.41) is 20.7. The van der Waals surface area contributed by atoms with Gasteiger partial charge in [-0.1, -0.05) is 13.8 Å². The SMILES string of the molecule is CSCC[C@]1(O)C(O)CC2CC1C2(C)C. The predicted octanol–water partition coefficient (Wildman–Crippen LogP) is 1.90. The molecule has 3 unspecified atom stereocenters. The van der Waals surface area contributed by atoms with Gasteiger partial charge in [0.1, 0.15) is 0 Å². The van der Waals surface area contributed by atoms with E-state index in [1.807, 2.05) is 6.26 Å². The number of thioether (sulfide) groups is 1. The summed E-state index contributed by atoms with van der Waals surface area (Å²) in [7, 11) is 0. The highest BCUT2D eigenvalue weighted by Crippen LogP contribution is 2.63. The van der Waals surface area contributed by atoms with Gasteiger partial charge in [0.25, 0.3) is 0 Å². The van der Waals surface area contributed by atoms with Crippen molar-refractivity contribution in [3.63, 3.8) is 0 Å². The van der Waals surface area contributed by atoms with Crippen LogP contribution in [0.15, 0.2) is 0 Å². The zero-order chi connectivity index (χ0) is 11.3. The smallest absolute Gasteiger partial charge is 0.0946 e. The van der Waals surface area contributed by atoms with Crippen LogP contribution in [0.25, 0.3) is 0 Å². The van der Waals surface area contributed by atoms with Crippen LogP contribution in [0, 0.1) is 17.3 Å². The maximum absolute atomic E-state index is 10.6. The first-order chi connectivity index (χ1) is 6.93. The van der Waals surface area contributed by atoms with E-state index in [1.165, 1.54) is 0 Å². The second-order valence-corrected chi connectivity index (χ2v) is 6.78. The third-order valence-electron chi connectivity index (χ3n) is 4.87. The molecule has 0 spiro atoms. The van der Waals surface area contributed by atoms with Crippen LogP contribution in [0.1, 0.15) is 33.1 Å². The van der Waals surface area contributed by atoms with Gasteiger partial charge in [0.2, 0.25) is 0 Å². The molecule has 0 aromatic rings. The number of fused-ring (bicyclic) bond motifs is 2. The van der Waals surface area contributed by atoms with Gasteiger partial charge in [-0.05, 0) is 48.5 Å². The summed E-state index contributed by atoms with van der Waals surface area (Å²) in [4.78, 5) is 0. The molecule has 3 saturated carbocycles. The summed E-state index contributed by atoms with van der Waals surface area (Å²) in [6.45, 7) is 4.48. The van der Waals surface area contributed by atoms with Crippen LogP contribution in [0.4, 0.5) is 0 Å². The molecular formula is C12H22O2S. The summed E-state index contributed by atoms with van der Waals surface area (Å²) in [5.41, 5.74) is -0.590. The van der Waals surface area contributed by atoms with Gasteiger partial charge in [-0.15, -0.1) is 0 Å². The second-order valence-electron chi connectivity index (χ2n) is 5.79. The highest BCUT2D eigenvalue weighted by Gasteiger charge is 2.63. The molecule has 2 bridgehead atoms. The number of hydrogen-bond donors (Lipinski definition) is 2. The topological polar surface area (TPSA) is 40.5 Å². The maximum atomic E-state index is 10.6. The molecule has 15 heavy (non-hydrogen) atoms. The van der Waals surface area contributed by atoms with Gasteiger partial charge in [-0.2, -0.15) is 11.8 Å². The van der Waals surface area contributed by atoms with Crippen molar-refractivity contribution in [2.75, 3.05) is 12.0 Å². The van der Waals surface area contributed by atoms with E-state index in [2.05, 4.69) is 13.8 Å². The molecule has 88 valence electrons. The van der Waals surface area contributed by atoms with Crippen LogP contribution >= 0.6 is 11.8 Å². The fourth-order valence-corrected chi connectivity index (χ4v) is 4.11. The van der Waals surface area contributed by atoms with Crippen LogP contribution in [-0.2, 0) is 0 Å². The molecule has 0 radical (unpaired) electrons. The molecule has 3 aliphatic rings. The van der Waals surface area contributed by atoms with E-state index in [4.69, 9.17) is 0 Å². The Morgan fingerprint density at radius 1 is 1.33 bits per heavy atom. The zero-order valence-electron chi connectivity index (χ0n) is 9.86. The van der Waals surface area contributed by atoms with Gasteiger partial charge in [0, 0.05) is 0 Å². The third-order valence-corrected chi connectivity index (χ3v) is 5.48. The molecule has 3 rings (SSSR count). The van der Waals surface area contributed by atoms with Gasteiger partial charge in [0.15, 0.2) is 0 Å². The molecular weight excluding hydrogens is 208 g/mol. The fourth-order valence-electron chi connectivity index (χ4n) is 3.58. The molecule has 0 saturated heterocycles. The van der Waals surface area contributed by atoms with Gasteiger partial charge in [-0.3, -0.25) is 0 Å². The highest BCUT2D eigenvalue weighted by molar-refractivity contribution is 7.98. The minimum Gasteiger partial charge on any atom is -0.390 e. The normalized spacial score (nSPS) is 47.4. The maximum Gasteiger partial charge on any atom is 0.0946 e. The van der Waals surface area contributed by atoms with Crippen molar-refractivity contribution >= 4 is 11.8 Å². The Kier molecular flexibility index (Phi) is 2.85. The average Bonchev–Trinajstić information content (AvgIpc) is 2.18. The van der Waals surface area contributed by atoms with Crippen molar-refractivity contribution in [1.82, 2.24) is 0 Å². The van der Waals surface area contributed by atoms with Crippen molar-refractivity contribution in [3.8, 4) is 0 Å². The average molecular weight is 230 g/mol. The Hall–Kier alpha value is 0.270. The fraction of sp³-hybridized carbons (Fsp3) is 1.00. The van der Waals surface area contributed by atoms with Crippen molar-refractivity contribution < 1.29 is 10.2 Å². The lowest BCUT2D eigenvalue weighted by atomic mass is 9.43. The number of aliphatic hydroxyl groups excluding tert-OH is 1. The lowest BCUT2D eigenvalue weighted by Gasteiger charge is -2.65. The van der Waals surface area contributed by atoms with Crippen LogP contribution in [0.3, 0.4) is 0 Å². The lowest BCUT2D eigenvalue weighted by molar-refractivity contribution is -0.253. The quantitative estimate of drug-likeness (QED) is 0.778. The van der Waals surface area contributed by atoms with Crippen LogP contribution in [0.2, 0.25) is 0 Å². The monoisotopic (exact) mass is 230 g/mol. The summed E-state index contributed by atoms with van der Waals surface area (Å²) in [6, 6.07) is 0. The first-order valence-corrected chi connectivity index (χ1v) is 7.21. The summed E-state index contributed by atoms with van der Waals surface area (Å²) in [6.07, 6.45) is 4.17. The molecule has 2 nitrogen and oxygen atoms in total. The van der Waals surface area contributed by atoms with Crippen LogP contribution < -0.4 is 0 Å². The standard InChI is InChI=1S/C12H22O2S/c1-11(2)8-6-9(11)12(14,4-5-15-3)10(13)7-8/h8-10,13-14H,4-7H2,1-3H3/t8?,9?,10?,12-/m1/s1. The Morgan fingerprint density at radius 2 is 2.00 bits per heavy atom. The third kappa shape index (κ3) is 1.55. The van der Waals surface area contributed by atoms with Gasteiger partial charge in [0.05, 0.1) is 11.7 Å². The molecule has 3 heteroatoms. The highest BCUT2D eigenvalue weighted by atomic mass is 32.2. The number of rotatable bonds is 3. The molecule has 2 N–H and O–H groups in total. The predicted molar refractivity (Wildman–Crippen MR) is 64.0 cm³/mol. The van der Waals surface area contributed by atoms with E-state index in [0.717, 1.165) is 25.0 Å². The molecule has 3 fully saturated rings. The minimum absolute atomic E-state index is 0.229. The molecule has 3 aliphatic carbocycles. The van der Waals surface area contributed by atoms with Crippen LogP contribution in [0.5, 0.6) is 0 Å². The first-order valence-electron chi connectivity index (χ1n) is 5.82. The van der Waals surface area contributed by atoms with E-state index in [-0.39, 0.29) is 5.41 Å². The summed E-state index contributed by atoms with van der Waals surface area (Å²) < 4.78 is 0. The summed E-state index contributed by atoms with van der Waals surface area (Å²) in [5.74, 6) is 1.85. The molecule has 0 heterocycles. The molecule has 4 atom stereocenters. The van der Waals surface area contributed by atoms with E-state index in [9.17, 15) is 10.2 Å². The molecule has 0 aromatic carbocycles. The van der Waals surface area contributed by atoms with Gasteiger partial charge >= 0.3 is 0 Å².